The molecular formula is C13H16ClNO4. The number of nitrogens with one attached hydrogen (secondary N) is 1. The van der Waals surface area contributed by atoms with Crippen molar-refractivity contribution in [2.75, 3.05) is 6.54 Å². The predicted molar refractivity (Wildman–Crippen MR) is 71.6 cm³/mol. The molecular weight excluding hydrogens is 270 g/mol. The minimum atomic E-state index is -0.810. The van der Waals surface area contributed by atoms with E-state index in [1.165, 1.54) is 18.2 Å². The molecule has 0 spiro atoms. The lowest BCUT2D eigenvalue weighted by atomic mass is 10.1. The molecule has 1 amide bonds. The van der Waals surface area contributed by atoms with Crippen LogP contribution in [0, 0.1) is 0 Å². The van der Waals surface area contributed by atoms with Crippen molar-refractivity contribution < 1.29 is 19.8 Å². The van der Waals surface area contributed by atoms with Gasteiger partial charge in [0.15, 0.2) is 0 Å². The molecule has 0 fully saturated rings. The second-order valence-electron chi connectivity index (χ2n) is 4.12. The zero-order valence-electron chi connectivity index (χ0n) is 10.4. The standard InChI is InChI=1S/C13H16ClNO4/c14-9-5-6-10(11(16)8-9)13(19)15-7-3-1-2-4-12(17)18/h5-6,8,16H,1-4,7H2,(H,15,19)(H,17,18). The fraction of sp³-hybridized carbons (Fsp3) is 0.385. The molecule has 1 aromatic carbocycles. The number of carbonyl (C=O) groups is 2. The Bertz CT molecular complexity index is 462. The van der Waals surface area contributed by atoms with E-state index in [1.54, 1.807) is 0 Å². The molecule has 0 radical (unpaired) electrons. The number of hydrogen-bond donors (Lipinski definition) is 3. The van der Waals surface area contributed by atoms with Gasteiger partial charge in [0.1, 0.15) is 5.75 Å². The van der Waals surface area contributed by atoms with Crippen molar-refractivity contribution in [1.29, 1.82) is 0 Å². The van der Waals surface area contributed by atoms with Crippen LogP contribution in [-0.2, 0) is 4.79 Å². The first-order valence-corrected chi connectivity index (χ1v) is 6.37. The molecule has 0 heterocycles. The maximum absolute atomic E-state index is 11.7. The topological polar surface area (TPSA) is 86.6 Å². The number of halogens is 1. The minimum absolute atomic E-state index is 0.145. The highest BCUT2D eigenvalue weighted by Crippen LogP contribution is 2.21. The van der Waals surface area contributed by atoms with Crippen molar-refractivity contribution in [3.05, 3.63) is 28.8 Å². The molecule has 19 heavy (non-hydrogen) atoms. The summed E-state index contributed by atoms with van der Waals surface area (Å²) in [4.78, 5) is 22.0. The number of aromatic hydroxyl groups is 1. The SMILES string of the molecule is O=C(O)CCCCCNC(=O)c1ccc(Cl)cc1O. The van der Waals surface area contributed by atoms with Gasteiger partial charge >= 0.3 is 5.97 Å². The highest BCUT2D eigenvalue weighted by molar-refractivity contribution is 6.30. The Morgan fingerprint density at radius 2 is 1.95 bits per heavy atom. The molecule has 3 N–H and O–H groups in total. The van der Waals surface area contributed by atoms with E-state index >= 15 is 0 Å². The fourth-order valence-corrected chi connectivity index (χ4v) is 1.74. The number of phenols is 1. The third-order valence-corrected chi connectivity index (χ3v) is 2.79. The van der Waals surface area contributed by atoms with Gasteiger partial charge in [-0.25, -0.2) is 0 Å². The van der Waals surface area contributed by atoms with Crippen molar-refractivity contribution in [3.63, 3.8) is 0 Å². The largest absolute Gasteiger partial charge is 0.507 e. The number of carboxylic acids is 1. The molecule has 0 unspecified atom stereocenters. The van der Waals surface area contributed by atoms with E-state index in [2.05, 4.69) is 5.32 Å². The third kappa shape index (κ3) is 5.61. The normalized spacial score (nSPS) is 10.2. The Labute approximate surface area is 116 Å². The van der Waals surface area contributed by atoms with E-state index in [-0.39, 0.29) is 23.6 Å². The van der Waals surface area contributed by atoms with Crippen molar-refractivity contribution in [2.24, 2.45) is 0 Å². The van der Waals surface area contributed by atoms with Gasteiger partial charge in [-0.2, -0.15) is 0 Å². The van der Waals surface area contributed by atoms with Gasteiger partial charge in [0, 0.05) is 18.0 Å². The highest BCUT2D eigenvalue weighted by atomic mass is 35.5. The van der Waals surface area contributed by atoms with E-state index in [0.717, 1.165) is 6.42 Å². The molecule has 5 nitrogen and oxygen atoms in total. The molecule has 0 saturated heterocycles. The average Bonchev–Trinajstić information content (AvgIpc) is 2.32. The molecule has 0 aliphatic carbocycles. The van der Waals surface area contributed by atoms with Crippen molar-refractivity contribution in [3.8, 4) is 5.75 Å². The lowest BCUT2D eigenvalue weighted by molar-refractivity contribution is -0.137. The molecule has 1 rings (SSSR count). The zero-order chi connectivity index (χ0) is 14.3. The van der Waals surface area contributed by atoms with Crippen LogP contribution in [0.15, 0.2) is 18.2 Å². The summed E-state index contributed by atoms with van der Waals surface area (Å²) in [7, 11) is 0. The van der Waals surface area contributed by atoms with Gasteiger partial charge in [-0.15, -0.1) is 0 Å². The molecule has 6 heteroatoms. The van der Waals surface area contributed by atoms with Crippen LogP contribution in [0.5, 0.6) is 5.75 Å². The van der Waals surface area contributed by atoms with E-state index in [9.17, 15) is 14.7 Å². The van der Waals surface area contributed by atoms with E-state index in [4.69, 9.17) is 16.7 Å². The Morgan fingerprint density at radius 1 is 1.21 bits per heavy atom. The van der Waals surface area contributed by atoms with Crippen LogP contribution >= 0.6 is 11.6 Å². The van der Waals surface area contributed by atoms with E-state index in [0.29, 0.717) is 24.4 Å². The second-order valence-corrected chi connectivity index (χ2v) is 4.56. The van der Waals surface area contributed by atoms with Crippen molar-refractivity contribution >= 4 is 23.5 Å². The molecule has 0 atom stereocenters. The smallest absolute Gasteiger partial charge is 0.303 e. The van der Waals surface area contributed by atoms with Crippen LogP contribution in [0.4, 0.5) is 0 Å². The van der Waals surface area contributed by atoms with Crippen LogP contribution in [0.25, 0.3) is 0 Å². The summed E-state index contributed by atoms with van der Waals surface area (Å²) >= 11 is 5.67. The van der Waals surface area contributed by atoms with Gasteiger partial charge in [-0.05, 0) is 31.0 Å². The Balaban J connectivity index is 2.29. The Kier molecular flexibility index (Phi) is 6.15. The summed E-state index contributed by atoms with van der Waals surface area (Å²) in [6.45, 7) is 0.445. The molecule has 0 saturated carbocycles. The first kappa shape index (κ1) is 15.3. The number of carboxylic acid groups (broad SMARTS) is 1. The van der Waals surface area contributed by atoms with Crippen LogP contribution < -0.4 is 5.32 Å². The monoisotopic (exact) mass is 285 g/mol. The molecule has 0 aliphatic rings. The second kappa shape index (κ2) is 7.63. The summed E-state index contributed by atoms with van der Waals surface area (Å²) < 4.78 is 0. The van der Waals surface area contributed by atoms with Crippen molar-refractivity contribution in [2.45, 2.75) is 25.7 Å². The van der Waals surface area contributed by atoms with Gasteiger partial charge in [-0.1, -0.05) is 18.0 Å². The van der Waals surface area contributed by atoms with Crippen LogP contribution in [-0.4, -0.2) is 28.6 Å². The first-order valence-electron chi connectivity index (χ1n) is 5.99. The van der Waals surface area contributed by atoms with Gasteiger partial charge in [0.2, 0.25) is 0 Å². The Morgan fingerprint density at radius 3 is 2.58 bits per heavy atom. The minimum Gasteiger partial charge on any atom is -0.507 e. The average molecular weight is 286 g/mol. The molecule has 0 aromatic heterocycles. The van der Waals surface area contributed by atoms with Gasteiger partial charge in [-0.3, -0.25) is 9.59 Å². The zero-order valence-corrected chi connectivity index (χ0v) is 11.1. The summed E-state index contributed by atoms with van der Waals surface area (Å²) in [6, 6.07) is 4.30. The lowest BCUT2D eigenvalue weighted by Gasteiger charge is -2.06. The molecule has 1 aromatic rings. The summed E-state index contributed by atoms with van der Waals surface area (Å²) in [5.74, 6) is -1.33. The molecule has 0 bridgehead atoms. The summed E-state index contributed by atoms with van der Waals surface area (Å²) in [5.41, 5.74) is 0.176. The number of aliphatic carboxylic acids is 1. The summed E-state index contributed by atoms with van der Waals surface area (Å²) in [6.07, 6.45) is 2.18. The maximum atomic E-state index is 11.7. The fourth-order valence-electron chi connectivity index (χ4n) is 1.57. The quantitative estimate of drug-likeness (QED) is 0.672. The highest BCUT2D eigenvalue weighted by Gasteiger charge is 2.10. The number of benzene rings is 1. The van der Waals surface area contributed by atoms with Crippen molar-refractivity contribution in [1.82, 2.24) is 5.32 Å². The van der Waals surface area contributed by atoms with Gasteiger partial charge in [0.25, 0.3) is 5.91 Å². The molecule has 0 aliphatic heterocycles. The maximum Gasteiger partial charge on any atom is 0.303 e. The van der Waals surface area contributed by atoms with Gasteiger partial charge in [0.05, 0.1) is 5.56 Å². The van der Waals surface area contributed by atoms with E-state index in [1.807, 2.05) is 0 Å². The van der Waals surface area contributed by atoms with E-state index < -0.39 is 5.97 Å². The number of phenolic OH excluding ortho intramolecular Hbond substituents is 1. The van der Waals surface area contributed by atoms with Crippen LogP contribution in [0.1, 0.15) is 36.0 Å². The first-order chi connectivity index (χ1) is 9.00. The number of amides is 1. The van der Waals surface area contributed by atoms with Crippen LogP contribution in [0.3, 0.4) is 0 Å². The predicted octanol–water partition coefficient (Wildman–Crippen LogP) is 2.42. The third-order valence-electron chi connectivity index (χ3n) is 2.56. The van der Waals surface area contributed by atoms with Gasteiger partial charge < -0.3 is 15.5 Å². The number of carbonyl (C=O) groups excluding carboxylic acids is 1. The molecule has 104 valence electrons. The summed E-state index contributed by atoms with van der Waals surface area (Å²) in [5, 5.41) is 21.0. The van der Waals surface area contributed by atoms with Crippen LogP contribution in [0.2, 0.25) is 5.02 Å². The Hall–Kier alpha value is -1.75. The number of rotatable bonds is 7. The number of unbranched alkanes of at least 4 members (excludes halogenated alkanes) is 2. The number of hydrogen-bond acceptors (Lipinski definition) is 3. The lowest BCUT2D eigenvalue weighted by Crippen LogP contribution is -2.24.